The quantitative estimate of drug-likeness (QED) is 0.858. The smallest absolute Gasteiger partial charge is 0.226 e. The summed E-state index contributed by atoms with van der Waals surface area (Å²) in [6.07, 6.45) is 0.681. The Bertz CT molecular complexity index is 435. The molecule has 110 valence electrons. The fraction of sp³-hybridized carbons (Fsp3) is 0.562. The van der Waals surface area contributed by atoms with E-state index in [9.17, 15) is 9.90 Å². The Kier molecular flexibility index (Phi) is 5.15. The third-order valence-electron chi connectivity index (χ3n) is 3.95. The number of carbonyl (C=O) groups excluding carboxylic acids is 1. The number of nitrogens with one attached hydrogen (secondary N) is 1. The third-order valence-corrected chi connectivity index (χ3v) is 3.95. The Morgan fingerprint density at radius 2 is 2.15 bits per heavy atom. The van der Waals surface area contributed by atoms with Crippen LogP contribution in [0.15, 0.2) is 30.3 Å². The molecular formula is C16H23NO3. The first-order valence-corrected chi connectivity index (χ1v) is 7.22. The summed E-state index contributed by atoms with van der Waals surface area (Å²) >= 11 is 0. The van der Waals surface area contributed by atoms with E-state index in [1.165, 1.54) is 0 Å². The molecule has 1 aromatic rings. The Hall–Kier alpha value is -1.39. The van der Waals surface area contributed by atoms with Crippen molar-refractivity contribution in [2.75, 3.05) is 6.61 Å². The van der Waals surface area contributed by atoms with Crippen molar-refractivity contribution < 1.29 is 14.6 Å². The van der Waals surface area contributed by atoms with Crippen molar-refractivity contribution in [1.29, 1.82) is 0 Å². The maximum atomic E-state index is 12.1. The van der Waals surface area contributed by atoms with Crippen LogP contribution in [0, 0.1) is 5.92 Å². The molecule has 1 fully saturated rings. The van der Waals surface area contributed by atoms with Crippen LogP contribution in [0.1, 0.15) is 25.8 Å². The number of ether oxygens (including phenoxy) is 1. The average Bonchev–Trinajstić information content (AvgIpc) is 2.86. The molecule has 0 radical (unpaired) electrons. The van der Waals surface area contributed by atoms with Crippen molar-refractivity contribution in [1.82, 2.24) is 5.32 Å². The maximum Gasteiger partial charge on any atom is 0.226 e. The molecule has 0 saturated carbocycles. The van der Waals surface area contributed by atoms with Gasteiger partial charge in [-0.2, -0.15) is 0 Å². The predicted molar refractivity (Wildman–Crippen MR) is 77.3 cm³/mol. The average molecular weight is 277 g/mol. The zero-order valence-corrected chi connectivity index (χ0v) is 12.1. The molecule has 1 aromatic carbocycles. The number of carbonyl (C=O) groups is 1. The normalized spacial score (nSPS) is 25.1. The van der Waals surface area contributed by atoms with Crippen LogP contribution < -0.4 is 5.32 Å². The summed E-state index contributed by atoms with van der Waals surface area (Å²) in [5, 5.41) is 13.1. The van der Waals surface area contributed by atoms with Gasteiger partial charge in [-0.3, -0.25) is 4.79 Å². The Labute approximate surface area is 120 Å². The van der Waals surface area contributed by atoms with Crippen LogP contribution >= 0.6 is 0 Å². The molecule has 0 aliphatic carbocycles. The topological polar surface area (TPSA) is 58.6 Å². The number of hydrogen-bond acceptors (Lipinski definition) is 3. The second kappa shape index (κ2) is 6.86. The lowest BCUT2D eigenvalue weighted by atomic mass is 9.99. The Balaban J connectivity index is 1.84. The second-order valence-electron chi connectivity index (χ2n) is 5.53. The van der Waals surface area contributed by atoms with Crippen LogP contribution in [0.25, 0.3) is 0 Å². The van der Waals surface area contributed by atoms with E-state index in [-0.39, 0.29) is 24.0 Å². The first kappa shape index (κ1) is 15.0. The van der Waals surface area contributed by atoms with Crippen molar-refractivity contribution in [3.8, 4) is 0 Å². The zero-order valence-electron chi connectivity index (χ0n) is 12.1. The van der Waals surface area contributed by atoms with Crippen molar-refractivity contribution in [2.45, 2.75) is 44.9 Å². The number of hydrogen-bond donors (Lipinski definition) is 2. The number of rotatable bonds is 5. The Morgan fingerprint density at radius 3 is 2.75 bits per heavy atom. The molecular weight excluding hydrogens is 254 g/mol. The van der Waals surface area contributed by atoms with Gasteiger partial charge in [-0.25, -0.2) is 0 Å². The monoisotopic (exact) mass is 277 g/mol. The summed E-state index contributed by atoms with van der Waals surface area (Å²) < 4.78 is 5.40. The van der Waals surface area contributed by atoms with Gasteiger partial charge in [-0.05, 0) is 25.8 Å². The summed E-state index contributed by atoms with van der Waals surface area (Å²) in [6.45, 7) is 4.40. The van der Waals surface area contributed by atoms with E-state index in [1.54, 1.807) is 0 Å². The highest BCUT2D eigenvalue weighted by Crippen LogP contribution is 2.20. The molecule has 2 rings (SSSR count). The molecule has 1 amide bonds. The van der Waals surface area contributed by atoms with Gasteiger partial charge >= 0.3 is 0 Å². The van der Waals surface area contributed by atoms with Crippen LogP contribution in [0.2, 0.25) is 0 Å². The molecule has 4 atom stereocenters. The largest absolute Gasteiger partial charge is 0.391 e. The summed E-state index contributed by atoms with van der Waals surface area (Å²) in [4.78, 5) is 12.1. The first-order chi connectivity index (χ1) is 9.58. The molecule has 1 heterocycles. The lowest BCUT2D eigenvalue weighted by Crippen LogP contribution is -2.45. The van der Waals surface area contributed by atoms with Gasteiger partial charge in [-0.1, -0.05) is 30.3 Å². The number of benzene rings is 1. The van der Waals surface area contributed by atoms with Gasteiger partial charge < -0.3 is 15.2 Å². The van der Waals surface area contributed by atoms with Crippen molar-refractivity contribution in [3.63, 3.8) is 0 Å². The molecule has 20 heavy (non-hydrogen) atoms. The highest BCUT2D eigenvalue weighted by Gasteiger charge is 2.32. The summed E-state index contributed by atoms with van der Waals surface area (Å²) in [5.41, 5.74) is 1.07. The number of amides is 1. The van der Waals surface area contributed by atoms with E-state index in [2.05, 4.69) is 5.32 Å². The molecule has 0 aromatic heterocycles. The summed E-state index contributed by atoms with van der Waals surface area (Å²) in [5.74, 6) is -0.115. The lowest BCUT2D eigenvalue weighted by Gasteiger charge is -2.23. The van der Waals surface area contributed by atoms with Gasteiger partial charge in [0, 0.05) is 13.0 Å². The SMILES string of the molecule is CC(NC(=O)C1CCOC1C)C(O)Cc1ccccc1. The maximum absolute atomic E-state index is 12.1. The molecule has 1 saturated heterocycles. The molecule has 4 nitrogen and oxygen atoms in total. The van der Waals surface area contributed by atoms with Gasteiger partial charge in [-0.15, -0.1) is 0 Å². The van der Waals surface area contributed by atoms with Crippen molar-refractivity contribution in [3.05, 3.63) is 35.9 Å². The van der Waals surface area contributed by atoms with E-state index in [1.807, 2.05) is 44.2 Å². The summed E-state index contributed by atoms with van der Waals surface area (Å²) in [6, 6.07) is 9.53. The lowest BCUT2D eigenvalue weighted by molar-refractivity contribution is -0.127. The zero-order chi connectivity index (χ0) is 14.5. The first-order valence-electron chi connectivity index (χ1n) is 7.22. The van der Waals surface area contributed by atoms with Crippen LogP contribution in [0.3, 0.4) is 0 Å². The molecule has 1 aliphatic heterocycles. The number of aliphatic hydroxyl groups excluding tert-OH is 1. The Morgan fingerprint density at radius 1 is 1.45 bits per heavy atom. The predicted octanol–water partition coefficient (Wildman–Crippen LogP) is 1.52. The standard InChI is InChI=1S/C16H23NO3/c1-11(15(18)10-13-6-4-3-5-7-13)17-16(19)14-8-9-20-12(14)2/h3-7,11-12,14-15,18H,8-10H2,1-2H3,(H,17,19). The van der Waals surface area contributed by atoms with E-state index in [0.717, 1.165) is 12.0 Å². The molecule has 4 heteroatoms. The minimum absolute atomic E-state index is 0.0189. The highest BCUT2D eigenvalue weighted by atomic mass is 16.5. The van der Waals surface area contributed by atoms with Gasteiger partial charge in [0.05, 0.1) is 24.2 Å². The second-order valence-corrected chi connectivity index (χ2v) is 5.53. The van der Waals surface area contributed by atoms with Gasteiger partial charge in [0.15, 0.2) is 0 Å². The van der Waals surface area contributed by atoms with Crippen molar-refractivity contribution >= 4 is 5.91 Å². The minimum atomic E-state index is -0.584. The van der Waals surface area contributed by atoms with Crippen molar-refractivity contribution in [2.24, 2.45) is 5.92 Å². The molecule has 1 aliphatic rings. The fourth-order valence-corrected chi connectivity index (χ4v) is 2.54. The van der Waals surface area contributed by atoms with E-state index >= 15 is 0 Å². The van der Waals surface area contributed by atoms with Gasteiger partial charge in [0.25, 0.3) is 0 Å². The van der Waals surface area contributed by atoms with Crippen LogP contribution in [-0.2, 0) is 16.0 Å². The van der Waals surface area contributed by atoms with E-state index in [0.29, 0.717) is 13.0 Å². The van der Waals surface area contributed by atoms with Crippen LogP contribution in [0.5, 0.6) is 0 Å². The molecule has 4 unspecified atom stereocenters. The van der Waals surface area contributed by atoms with E-state index < -0.39 is 6.10 Å². The minimum Gasteiger partial charge on any atom is -0.391 e. The molecule has 0 spiro atoms. The van der Waals surface area contributed by atoms with Crippen LogP contribution in [-0.4, -0.2) is 35.9 Å². The summed E-state index contributed by atoms with van der Waals surface area (Å²) in [7, 11) is 0. The van der Waals surface area contributed by atoms with Crippen LogP contribution in [0.4, 0.5) is 0 Å². The van der Waals surface area contributed by atoms with Gasteiger partial charge in [0.1, 0.15) is 0 Å². The highest BCUT2D eigenvalue weighted by molar-refractivity contribution is 5.79. The number of aliphatic hydroxyl groups is 1. The molecule has 2 N–H and O–H groups in total. The van der Waals surface area contributed by atoms with Gasteiger partial charge in [0.2, 0.25) is 5.91 Å². The fourth-order valence-electron chi connectivity index (χ4n) is 2.54. The third kappa shape index (κ3) is 3.81. The molecule has 0 bridgehead atoms. The van der Waals surface area contributed by atoms with E-state index in [4.69, 9.17) is 4.74 Å².